The number of para-hydroxylation sites is 2. The molecule has 4 heterocycles. The number of carbonyl (C=O) groups excluding carboxylic acids is 4. The fraction of sp³-hybridized carbons (Fsp3) is 0.125. The molecule has 6 aromatic rings. The molecule has 2 unspecified atom stereocenters. The van der Waals surface area contributed by atoms with Crippen LogP contribution in [0.4, 0.5) is 11.4 Å². The molecule has 2 atom stereocenters. The van der Waals surface area contributed by atoms with Gasteiger partial charge in [0.05, 0.1) is 45.0 Å². The lowest BCUT2D eigenvalue weighted by atomic mass is 10.2. The second-order valence-electron chi connectivity index (χ2n) is 11.1. The van der Waals surface area contributed by atoms with Crippen molar-refractivity contribution in [2.24, 2.45) is 0 Å². The zero-order chi connectivity index (χ0) is 32.4. The van der Waals surface area contributed by atoms with Crippen molar-refractivity contribution in [2.45, 2.75) is 34.7 Å². The smallest absolute Gasteiger partial charge is 0.259 e. The van der Waals surface area contributed by atoms with E-state index in [1.807, 2.05) is 0 Å². The Balaban J connectivity index is 1.14. The predicted molar refractivity (Wildman–Crippen MR) is 166 cm³/mol. The molecular formula is C32H22N8O6S. The first-order valence-electron chi connectivity index (χ1n) is 14.5. The van der Waals surface area contributed by atoms with Crippen LogP contribution in [-0.4, -0.2) is 62.0 Å². The molecule has 232 valence electrons. The molecule has 14 nitrogen and oxygen atoms in total. The molecule has 2 fully saturated rings. The van der Waals surface area contributed by atoms with Gasteiger partial charge in [0.2, 0.25) is 21.7 Å². The third-order valence-corrected chi connectivity index (χ3v) is 10.1. The average Bonchev–Trinajstić information content (AvgIpc) is 3.84. The molecule has 0 bridgehead atoms. The fourth-order valence-corrected chi connectivity index (χ4v) is 7.37. The van der Waals surface area contributed by atoms with Gasteiger partial charge in [0.15, 0.2) is 0 Å². The summed E-state index contributed by atoms with van der Waals surface area (Å²) in [6.07, 6.45) is -0.332. The standard InChI is InChI=1S/C32H22N8O6S/c41-29-17-27(31(43)37(29)19-7-3-1-4-8-19)39-25-15-21(11-13-23(25)33-35-39)47(45,46)22-12-14-24-26(16-22)40(36-34-24)28-18-30(42)38(32(28)44)20-9-5-2-6-10-20/h1-16,27-28H,17-18H2. The number of carbonyl (C=O) groups is 4. The molecule has 2 aliphatic rings. The Morgan fingerprint density at radius 2 is 0.957 bits per heavy atom. The van der Waals surface area contributed by atoms with Gasteiger partial charge in [-0.1, -0.05) is 46.8 Å². The average molecular weight is 647 g/mol. The number of anilines is 2. The van der Waals surface area contributed by atoms with Crippen molar-refractivity contribution < 1.29 is 27.6 Å². The van der Waals surface area contributed by atoms with Gasteiger partial charge < -0.3 is 0 Å². The summed E-state index contributed by atoms with van der Waals surface area (Å²) >= 11 is 0. The van der Waals surface area contributed by atoms with E-state index < -0.39 is 45.5 Å². The molecule has 47 heavy (non-hydrogen) atoms. The Hall–Kier alpha value is -6.09. The Kier molecular flexibility index (Phi) is 6.33. The lowest BCUT2D eigenvalue weighted by molar-refractivity contribution is -0.123. The van der Waals surface area contributed by atoms with Gasteiger partial charge >= 0.3 is 0 Å². The van der Waals surface area contributed by atoms with Crippen LogP contribution in [0.25, 0.3) is 22.1 Å². The maximum Gasteiger partial charge on any atom is 0.259 e. The molecule has 4 aromatic carbocycles. The van der Waals surface area contributed by atoms with Crippen LogP contribution in [0.3, 0.4) is 0 Å². The van der Waals surface area contributed by atoms with Crippen LogP contribution in [0, 0.1) is 0 Å². The second kappa shape index (κ2) is 10.5. The van der Waals surface area contributed by atoms with Gasteiger partial charge in [-0.05, 0) is 60.7 Å². The van der Waals surface area contributed by atoms with Crippen molar-refractivity contribution in [3.05, 3.63) is 97.1 Å². The maximum atomic E-state index is 14.0. The molecule has 0 aliphatic carbocycles. The fourth-order valence-electron chi connectivity index (χ4n) is 6.07. The van der Waals surface area contributed by atoms with E-state index in [0.717, 1.165) is 9.80 Å². The number of nitrogens with zero attached hydrogens (tertiary/aromatic N) is 8. The zero-order valence-electron chi connectivity index (χ0n) is 24.2. The summed E-state index contributed by atoms with van der Waals surface area (Å²) < 4.78 is 30.5. The van der Waals surface area contributed by atoms with Crippen LogP contribution in [0.2, 0.25) is 0 Å². The van der Waals surface area contributed by atoms with Gasteiger partial charge in [0.1, 0.15) is 23.1 Å². The predicted octanol–water partition coefficient (Wildman–Crippen LogP) is 3.02. The first-order valence-corrected chi connectivity index (χ1v) is 16.0. The van der Waals surface area contributed by atoms with Gasteiger partial charge in [0.25, 0.3) is 11.8 Å². The van der Waals surface area contributed by atoms with Crippen molar-refractivity contribution in [2.75, 3.05) is 9.80 Å². The number of imide groups is 2. The summed E-state index contributed by atoms with van der Waals surface area (Å²) in [6, 6.07) is 23.5. The number of hydrogen-bond donors (Lipinski definition) is 0. The summed E-state index contributed by atoms with van der Waals surface area (Å²) in [6.45, 7) is 0. The molecule has 0 saturated carbocycles. The van der Waals surface area contributed by atoms with E-state index in [-0.39, 0.29) is 33.7 Å². The van der Waals surface area contributed by atoms with Crippen LogP contribution >= 0.6 is 0 Å². The van der Waals surface area contributed by atoms with E-state index in [9.17, 15) is 27.6 Å². The highest BCUT2D eigenvalue weighted by Crippen LogP contribution is 2.34. The molecule has 0 N–H and O–H groups in total. The molecular weight excluding hydrogens is 624 g/mol. The van der Waals surface area contributed by atoms with E-state index in [1.54, 1.807) is 60.7 Å². The van der Waals surface area contributed by atoms with E-state index in [1.165, 1.54) is 45.8 Å². The largest absolute Gasteiger partial charge is 0.274 e. The van der Waals surface area contributed by atoms with Gasteiger partial charge in [-0.2, -0.15) is 0 Å². The minimum atomic E-state index is -4.18. The maximum absolute atomic E-state index is 14.0. The number of amides is 4. The number of rotatable bonds is 6. The first-order chi connectivity index (χ1) is 22.7. The van der Waals surface area contributed by atoms with Crippen molar-refractivity contribution in [3.63, 3.8) is 0 Å². The summed E-state index contributed by atoms with van der Waals surface area (Å²) in [7, 11) is -4.18. The summed E-state index contributed by atoms with van der Waals surface area (Å²) in [5, 5.41) is 16.4. The highest BCUT2D eigenvalue weighted by Gasteiger charge is 2.43. The van der Waals surface area contributed by atoms with Crippen LogP contribution in [0.15, 0.2) is 107 Å². The number of sulfone groups is 1. The lowest BCUT2D eigenvalue weighted by Crippen LogP contribution is -2.31. The normalized spacial score (nSPS) is 18.7. The third kappa shape index (κ3) is 4.42. The van der Waals surface area contributed by atoms with Crippen molar-refractivity contribution in [1.29, 1.82) is 0 Å². The minimum absolute atomic E-state index is 0.106. The molecule has 15 heteroatoms. The van der Waals surface area contributed by atoms with E-state index in [4.69, 9.17) is 0 Å². The third-order valence-electron chi connectivity index (χ3n) is 8.37. The summed E-state index contributed by atoms with van der Waals surface area (Å²) in [5.74, 6) is -1.82. The molecule has 2 saturated heterocycles. The van der Waals surface area contributed by atoms with Gasteiger partial charge in [-0.3, -0.25) is 19.2 Å². The first kappa shape index (κ1) is 28.4. The second-order valence-corrected chi connectivity index (χ2v) is 13.1. The highest BCUT2D eigenvalue weighted by molar-refractivity contribution is 7.91. The molecule has 8 rings (SSSR count). The topological polar surface area (TPSA) is 170 Å². The van der Waals surface area contributed by atoms with Gasteiger partial charge in [-0.15, -0.1) is 10.2 Å². The number of hydrogen-bond acceptors (Lipinski definition) is 10. The minimum Gasteiger partial charge on any atom is -0.274 e. The quantitative estimate of drug-likeness (QED) is 0.245. The molecule has 0 radical (unpaired) electrons. The SMILES string of the molecule is O=C1CC(n2nnc3ccc(S(=O)(=O)c4ccc5nnn(C6CC(=O)N(c7ccccc7)C6=O)c5c4)cc32)C(=O)N1c1ccccc1. The Bertz CT molecular complexity index is 2230. The molecule has 2 aliphatic heterocycles. The summed E-state index contributed by atoms with van der Waals surface area (Å²) in [4.78, 5) is 54.5. The van der Waals surface area contributed by atoms with Crippen molar-refractivity contribution in [1.82, 2.24) is 30.0 Å². The molecule has 2 aromatic heterocycles. The molecule has 0 spiro atoms. The van der Waals surface area contributed by atoms with Crippen LogP contribution in [0.1, 0.15) is 24.9 Å². The Morgan fingerprint density at radius 1 is 0.553 bits per heavy atom. The van der Waals surface area contributed by atoms with Gasteiger partial charge in [-0.25, -0.2) is 27.6 Å². The van der Waals surface area contributed by atoms with Crippen LogP contribution in [0.5, 0.6) is 0 Å². The van der Waals surface area contributed by atoms with Crippen LogP contribution < -0.4 is 9.80 Å². The van der Waals surface area contributed by atoms with Gasteiger partial charge in [0, 0.05) is 0 Å². The van der Waals surface area contributed by atoms with E-state index in [2.05, 4.69) is 20.6 Å². The number of aromatic nitrogens is 6. The zero-order valence-corrected chi connectivity index (χ0v) is 25.1. The van der Waals surface area contributed by atoms with Crippen molar-refractivity contribution in [3.8, 4) is 0 Å². The summed E-state index contributed by atoms with van der Waals surface area (Å²) in [5.41, 5.74) is 2.06. The van der Waals surface area contributed by atoms with Crippen LogP contribution in [-0.2, 0) is 29.0 Å². The lowest BCUT2D eigenvalue weighted by Gasteiger charge is -2.15. The van der Waals surface area contributed by atoms with Crippen molar-refractivity contribution >= 4 is 66.9 Å². The van der Waals surface area contributed by atoms with E-state index >= 15 is 0 Å². The molecule has 4 amide bonds. The van der Waals surface area contributed by atoms with E-state index in [0.29, 0.717) is 22.4 Å². The Morgan fingerprint density at radius 3 is 1.36 bits per heavy atom. The number of benzene rings is 4. The highest BCUT2D eigenvalue weighted by atomic mass is 32.2. The Labute approximate surface area is 265 Å². The monoisotopic (exact) mass is 646 g/mol. The number of fused-ring (bicyclic) bond motifs is 2.